The Morgan fingerprint density at radius 1 is 0.909 bits per heavy atom. The quantitative estimate of drug-likeness (QED) is 0.402. The topological polar surface area (TPSA) is 49.4 Å². The Morgan fingerprint density at radius 2 is 1.61 bits per heavy atom. The molecule has 3 rings (SSSR count). The summed E-state index contributed by atoms with van der Waals surface area (Å²) in [7, 11) is 0. The molecule has 0 aliphatic heterocycles. The molecule has 0 aliphatic carbocycles. The van der Waals surface area contributed by atoms with E-state index in [0.29, 0.717) is 23.0 Å². The number of rotatable bonds is 10. The first-order valence-corrected chi connectivity index (χ1v) is 11.8. The zero-order valence-electron chi connectivity index (χ0n) is 18.6. The highest BCUT2D eigenvalue weighted by Crippen LogP contribution is 2.22. The van der Waals surface area contributed by atoms with Gasteiger partial charge in [-0.2, -0.15) is 0 Å². The average Bonchev–Trinajstić information content (AvgIpc) is 2.81. The predicted molar refractivity (Wildman–Crippen MR) is 134 cm³/mol. The first-order valence-electron chi connectivity index (χ1n) is 11.1. The third kappa shape index (κ3) is 7.34. The molecule has 0 unspecified atom stereocenters. The van der Waals surface area contributed by atoms with Crippen LogP contribution in [0.5, 0.6) is 0 Å². The van der Waals surface area contributed by atoms with Crippen molar-refractivity contribution in [3.8, 4) is 0 Å². The summed E-state index contributed by atoms with van der Waals surface area (Å²) >= 11 is 12.6. The van der Waals surface area contributed by atoms with E-state index in [1.165, 1.54) is 0 Å². The number of halogens is 2. The van der Waals surface area contributed by atoms with Crippen molar-refractivity contribution in [1.29, 1.82) is 0 Å². The first kappa shape index (κ1) is 24.8. The largest absolute Gasteiger partial charge is 0.354 e. The summed E-state index contributed by atoms with van der Waals surface area (Å²) in [5.74, 6) is -0.336. The Kier molecular flexibility index (Phi) is 9.35. The Bertz CT molecular complexity index is 1070. The number of hydrogen-bond donors (Lipinski definition) is 1. The van der Waals surface area contributed by atoms with E-state index in [4.69, 9.17) is 23.2 Å². The molecule has 0 saturated carbocycles. The molecule has 2 amide bonds. The first-order chi connectivity index (χ1) is 16.0. The molecule has 0 heterocycles. The van der Waals surface area contributed by atoms with Crippen molar-refractivity contribution in [1.82, 2.24) is 10.2 Å². The summed E-state index contributed by atoms with van der Waals surface area (Å²) in [5, 5.41) is 4.10. The van der Waals surface area contributed by atoms with E-state index >= 15 is 0 Å². The van der Waals surface area contributed by atoms with Crippen LogP contribution >= 0.6 is 23.2 Å². The van der Waals surface area contributed by atoms with E-state index < -0.39 is 6.04 Å². The van der Waals surface area contributed by atoms with Crippen LogP contribution in [0.1, 0.15) is 30.0 Å². The molecule has 3 aromatic rings. The highest BCUT2D eigenvalue weighted by molar-refractivity contribution is 6.31. The SMILES string of the molecule is CCCNC(=O)[C@@H](Cc1ccccc1)N(Cc1ccccc1Cl)C(=O)Cc1cccc(Cl)c1. The molecule has 1 N–H and O–H groups in total. The molecule has 0 fully saturated rings. The number of benzene rings is 3. The number of carbonyl (C=O) groups is 2. The molecule has 6 heteroatoms. The van der Waals surface area contributed by atoms with Crippen molar-refractivity contribution < 1.29 is 9.59 Å². The molecule has 4 nitrogen and oxygen atoms in total. The number of amides is 2. The molecule has 33 heavy (non-hydrogen) atoms. The fourth-order valence-corrected chi connectivity index (χ4v) is 4.06. The number of carbonyl (C=O) groups excluding carboxylic acids is 2. The predicted octanol–water partition coefficient (Wildman–Crippen LogP) is 5.70. The van der Waals surface area contributed by atoms with Gasteiger partial charge in [-0.3, -0.25) is 9.59 Å². The van der Waals surface area contributed by atoms with Gasteiger partial charge < -0.3 is 10.2 Å². The summed E-state index contributed by atoms with van der Waals surface area (Å²) in [6, 6.07) is 23.7. The maximum Gasteiger partial charge on any atom is 0.243 e. The number of nitrogens with zero attached hydrogens (tertiary/aromatic N) is 1. The van der Waals surface area contributed by atoms with Gasteiger partial charge in [-0.05, 0) is 41.3 Å². The monoisotopic (exact) mass is 482 g/mol. The minimum Gasteiger partial charge on any atom is -0.354 e. The lowest BCUT2D eigenvalue weighted by molar-refractivity contribution is -0.140. The summed E-state index contributed by atoms with van der Waals surface area (Å²) in [5.41, 5.74) is 2.57. The van der Waals surface area contributed by atoms with Gasteiger partial charge in [0, 0.05) is 29.6 Å². The van der Waals surface area contributed by atoms with Crippen molar-refractivity contribution in [2.45, 2.75) is 38.8 Å². The van der Waals surface area contributed by atoms with Gasteiger partial charge in [-0.1, -0.05) is 90.8 Å². The van der Waals surface area contributed by atoms with E-state index in [0.717, 1.165) is 23.1 Å². The molecule has 0 aliphatic rings. The van der Waals surface area contributed by atoms with Crippen molar-refractivity contribution in [2.75, 3.05) is 6.54 Å². The molecule has 3 aromatic carbocycles. The number of nitrogens with one attached hydrogen (secondary N) is 1. The minimum atomic E-state index is -0.679. The minimum absolute atomic E-state index is 0.136. The van der Waals surface area contributed by atoms with Crippen LogP contribution in [-0.2, 0) is 29.0 Å². The molecule has 0 radical (unpaired) electrons. The number of hydrogen-bond acceptors (Lipinski definition) is 2. The Balaban J connectivity index is 1.96. The Morgan fingerprint density at radius 3 is 2.30 bits per heavy atom. The molecule has 1 atom stereocenters. The normalized spacial score (nSPS) is 11.6. The molecule has 0 saturated heterocycles. The fourth-order valence-electron chi connectivity index (χ4n) is 3.65. The highest BCUT2D eigenvalue weighted by Gasteiger charge is 2.30. The lowest BCUT2D eigenvalue weighted by atomic mass is 10.0. The van der Waals surface area contributed by atoms with Crippen LogP contribution in [0.15, 0.2) is 78.9 Å². The molecule has 0 spiro atoms. The summed E-state index contributed by atoms with van der Waals surface area (Å²) in [4.78, 5) is 28.5. The highest BCUT2D eigenvalue weighted by atomic mass is 35.5. The third-order valence-electron chi connectivity index (χ3n) is 5.36. The average molecular weight is 483 g/mol. The summed E-state index contributed by atoms with van der Waals surface area (Å²) < 4.78 is 0. The van der Waals surface area contributed by atoms with Crippen LogP contribution in [0.4, 0.5) is 0 Å². The zero-order chi connectivity index (χ0) is 23.6. The smallest absolute Gasteiger partial charge is 0.243 e. The van der Waals surface area contributed by atoms with Crippen molar-refractivity contribution in [2.24, 2.45) is 0 Å². The summed E-state index contributed by atoms with van der Waals surface area (Å²) in [6.45, 7) is 2.78. The standard InChI is InChI=1S/C27H28Cl2N2O2/c1-2-15-30-27(33)25(17-20-9-4-3-5-10-20)31(19-22-12-6-7-14-24(22)29)26(32)18-21-11-8-13-23(28)16-21/h3-14,16,25H,2,15,17-19H2,1H3,(H,30,33)/t25-/m1/s1. The molecule has 0 aromatic heterocycles. The van der Waals surface area contributed by atoms with Crippen molar-refractivity contribution in [3.05, 3.63) is 106 Å². The molecule has 172 valence electrons. The van der Waals surface area contributed by atoms with Gasteiger partial charge in [0.25, 0.3) is 0 Å². The van der Waals surface area contributed by atoms with Crippen LogP contribution in [0.2, 0.25) is 10.0 Å². The molecular weight excluding hydrogens is 455 g/mol. The van der Waals surface area contributed by atoms with E-state index in [1.54, 1.807) is 23.1 Å². The van der Waals surface area contributed by atoms with Crippen LogP contribution in [0.25, 0.3) is 0 Å². The van der Waals surface area contributed by atoms with Crippen LogP contribution in [-0.4, -0.2) is 29.3 Å². The van der Waals surface area contributed by atoms with E-state index in [-0.39, 0.29) is 24.8 Å². The van der Waals surface area contributed by atoms with Gasteiger partial charge in [0.15, 0.2) is 0 Å². The van der Waals surface area contributed by atoms with E-state index in [1.807, 2.05) is 67.6 Å². The van der Waals surface area contributed by atoms with Gasteiger partial charge in [0.1, 0.15) is 6.04 Å². The molecule has 0 bridgehead atoms. The Labute approximate surface area is 205 Å². The van der Waals surface area contributed by atoms with Gasteiger partial charge >= 0.3 is 0 Å². The van der Waals surface area contributed by atoms with E-state index in [2.05, 4.69) is 5.32 Å². The van der Waals surface area contributed by atoms with Gasteiger partial charge in [-0.25, -0.2) is 0 Å². The maximum absolute atomic E-state index is 13.6. The molecular formula is C27H28Cl2N2O2. The van der Waals surface area contributed by atoms with Gasteiger partial charge in [0.2, 0.25) is 11.8 Å². The van der Waals surface area contributed by atoms with Crippen LogP contribution < -0.4 is 5.32 Å². The van der Waals surface area contributed by atoms with Crippen LogP contribution in [0, 0.1) is 0 Å². The second-order valence-corrected chi connectivity index (χ2v) is 8.76. The zero-order valence-corrected chi connectivity index (χ0v) is 20.1. The van der Waals surface area contributed by atoms with Gasteiger partial charge in [-0.15, -0.1) is 0 Å². The van der Waals surface area contributed by atoms with Crippen molar-refractivity contribution in [3.63, 3.8) is 0 Å². The Hall–Kier alpha value is -2.82. The fraction of sp³-hybridized carbons (Fsp3) is 0.259. The maximum atomic E-state index is 13.6. The van der Waals surface area contributed by atoms with E-state index in [9.17, 15) is 9.59 Å². The third-order valence-corrected chi connectivity index (χ3v) is 5.97. The lowest BCUT2D eigenvalue weighted by Crippen LogP contribution is -2.51. The summed E-state index contributed by atoms with van der Waals surface area (Å²) in [6.07, 6.45) is 1.35. The van der Waals surface area contributed by atoms with Crippen molar-refractivity contribution >= 4 is 35.0 Å². The second kappa shape index (κ2) is 12.4. The second-order valence-electron chi connectivity index (χ2n) is 7.92. The lowest BCUT2D eigenvalue weighted by Gasteiger charge is -2.32. The van der Waals surface area contributed by atoms with Crippen LogP contribution in [0.3, 0.4) is 0 Å². The van der Waals surface area contributed by atoms with Gasteiger partial charge in [0.05, 0.1) is 6.42 Å².